The molecule has 1 heteroatoms. The van der Waals surface area contributed by atoms with E-state index in [9.17, 15) is 0 Å². The predicted octanol–water partition coefficient (Wildman–Crippen LogP) is 4.70. The van der Waals surface area contributed by atoms with Gasteiger partial charge in [0, 0.05) is 0 Å². The molecule has 1 aromatic carbocycles. The minimum Gasteiger partial charge on any atom is -0.0587 e. The molecule has 0 heterocycles. The quantitative estimate of drug-likeness (QED) is 0.668. The van der Waals surface area contributed by atoms with Gasteiger partial charge in [0.05, 0.1) is 0 Å². The summed E-state index contributed by atoms with van der Waals surface area (Å²) in [6.45, 7) is 6.25. The molecule has 74 valence electrons. The molecule has 0 N–H and O–H groups in total. The van der Waals surface area contributed by atoms with Crippen molar-refractivity contribution in [3.8, 4) is 0 Å². The highest BCUT2D eigenvalue weighted by atomic mass is 79.9. The summed E-state index contributed by atoms with van der Waals surface area (Å²) >= 11 is 3.40. The lowest BCUT2D eigenvalue weighted by Crippen LogP contribution is -1.79. The maximum atomic E-state index is 3.40. The van der Waals surface area contributed by atoms with Gasteiger partial charge in [-0.15, -0.1) is 0 Å². The van der Waals surface area contributed by atoms with Gasteiger partial charge in [0.1, 0.15) is 0 Å². The number of rotatable bonds is 2. The second-order valence-electron chi connectivity index (χ2n) is 3.47. The lowest BCUT2D eigenvalue weighted by atomic mass is 10.1. The first-order valence-corrected chi connectivity index (χ1v) is 5.46. The van der Waals surface area contributed by atoms with Gasteiger partial charge in [-0.25, -0.2) is 0 Å². The summed E-state index contributed by atoms with van der Waals surface area (Å²) in [5.74, 6) is 0. The molecule has 0 aromatic heterocycles. The highest BCUT2D eigenvalue weighted by molar-refractivity contribution is 9.11. The van der Waals surface area contributed by atoms with Gasteiger partial charge in [-0.2, -0.15) is 0 Å². The number of hydrogen-bond donors (Lipinski definition) is 0. The maximum Gasteiger partial charge on any atom is -0.00803 e. The summed E-state index contributed by atoms with van der Waals surface area (Å²) in [4.78, 5) is 0. The van der Waals surface area contributed by atoms with Crippen LogP contribution in [0.3, 0.4) is 0 Å². The number of halogens is 1. The molecule has 0 aliphatic rings. The Labute approximate surface area is 94.5 Å². The summed E-state index contributed by atoms with van der Waals surface area (Å²) in [6.07, 6.45) is 4.18. The molecule has 0 atom stereocenters. The summed E-state index contributed by atoms with van der Waals surface area (Å²) in [5.41, 5.74) is 3.86. The van der Waals surface area contributed by atoms with Crippen molar-refractivity contribution in [3.63, 3.8) is 0 Å². The highest BCUT2D eigenvalue weighted by Crippen LogP contribution is 2.15. The van der Waals surface area contributed by atoms with Crippen LogP contribution in [0.15, 0.2) is 40.9 Å². The lowest BCUT2D eigenvalue weighted by Gasteiger charge is -2.00. The van der Waals surface area contributed by atoms with E-state index in [-0.39, 0.29) is 0 Å². The van der Waals surface area contributed by atoms with E-state index in [1.165, 1.54) is 16.7 Å². The van der Waals surface area contributed by atoms with Crippen molar-refractivity contribution < 1.29 is 0 Å². The van der Waals surface area contributed by atoms with E-state index in [1.807, 2.05) is 6.92 Å². The summed E-state index contributed by atoms with van der Waals surface area (Å²) in [6, 6.07) is 8.58. The zero-order chi connectivity index (χ0) is 10.6. The van der Waals surface area contributed by atoms with Crippen molar-refractivity contribution in [1.82, 2.24) is 0 Å². The molecule has 0 radical (unpaired) electrons. The Morgan fingerprint density at radius 2 is 1.64 bits per heavy atom. The molecule has 0 amide bonds. The Morgan fingerprint density at radius 1 is 1.07 bits per heavy atom. The Balaban J connectivity index is 2.89. The normalized spacial score (nSPS) is 13.1. The van der Waals surface area contributed by atoms with Crippen molar-refractivity contribution in [1.29, 1.82) is 0 Å². The zero-order valence-corrected chi connectivity index (χ0v) is 10.4. The highest BCUT2D eigenvalue weighted by Gasteiger charge is 1.93. The predicted molar refractivity (Wildman–Crippen MR) is 67.5 cm³/mol. The molecule has 0 unspecified atom stereocenters. The second kappa shape index (κ2) is 5.16. The average molecular weight is 251 g/mol. The van der Waals surface area contributed by atoms with E-state index in [1.54, 1.807) is 0 Å². The van der Waals surface area contributed by atoms with Crippen LogP contribution < -0.4 is 0 Å². The van der Waals surface area contributed by atoms with Gasteiger partial charge in [-0.3, -0.25) is 0 Å². The van der Waals surface area contributed by atoms with E-state index in [4.69, 9.17) is 0 Å². The van der Waals surface area contributed by atoms with Gasteiger partial charge in [-0.1, -0.05) is 57.9 Å². The Bertz CT molecular complexity index is 351. The fraction of sp³-hybridized carbons (Fsp3) is 0.231. The van der Waals surface area contributed by atoms with E-state index in [2.05, 4.69) is 66.2 Å². The van der Waals surface area contributed by atoms with Gasteiger partial charge in [0.2, 0.25) is 0 Å². The van der Waals surface area contributed by atoms with Crippen LogP contribution in [0.2, 0.25) is 0 Å². The van der Waals surface area contributed by atoms with Crippen molar-refractivity contribution in [2.75, 3.05) is 0 Å². The van der Waals surface area contributed by atoms with Gasteiger partial charge in [0.15, 0.2) is 0 Å². The van der Waals surface area contributed by atoms with Crippen LogP contribution >= 0.6 is 15.9 Å². The first-order chi connectivity index (χ1) is 6.59. The standard InChI is InChI=1S/C13H15Br/c1-10-4-8-13(9-5-10)11(2)6-7-12(3)14/h4-9H,1-3H3/b11-6+,12-7+. The lowest BCUT2D eigenvalue weighted by molar-refractivity contribution is 1.44. The first kappa shape index (κ1) is 11.3. The second-order valence-corrected chi connectivity index (χ2v) is 4.72. The molecular formula is C13H15Br. The van der Waals surface area contributed by atoms with Crippen LogP contribution in [0.25, 0.3) is 5.57 Å². The fourth-order valence-electron chi connectivity index (χ4n) is 1.15. The molecule has 0 spiro atoms. The molecule has 0 saturated carbocycles. The smallest absolute Gasteiger partial charge is 0.00803 e. The van der Waals surface area contributed by atoms with Crippen molar-refractivity contribution in [3.05, 3.63) is 52.0 Å². The number of hydrogen-bond acceptors (Lipinski definition) is 0. The minimum absolute atomic E-state index is 1.14. The number of allylic oxidation sites excluding steroid dienone is 4. The van der Waals surface area contributed by atoms with Gasteiger partial charge in [-0.05, 0) is 36.4 Å². The number of aryl methyl sites for hydroxylation is 1. The molecule has 0 bridgehead atoms. The van der Waals surface area contributed by atoms with Crippen LogP contribution in [-0.2, 0) is 0 Å². The molecule has 0 nitrogen and oxygen atoms in total. The van der Waals surface area contributed by atoms with Crippen molar-refractivity contribution in [2.24, 2.45) is 0 Å². The zero-order valence-electron chi connectivity index (χ0n) is 8.84. The molecule has 0 fully saturated rings. The van der Waals surface area contributed by atoms with Gasteiger partial charge < -0.3 is 0 Å². The van der Waals surface area contributed by atoms with E-state index in [0.29, 0.717) is 0 Å². The maximum absolute atomic E-state index is 3.40. The Kier molecular flexibility index (Phi) is 4.15. The molecule has 0 aliphatic heterocycles. The molecular weight excluding hydrogens is 236 g/mol. The molecule has 14 heavy (non-hydrogen) atoms. The van der Waals surface area contributed by atoms with Crippen LogP contribution in [-0.4, -0.2) is 0 Å². The Hall–Kier alpha value is -0.820. The summed E-state index contributed by atoms with van der Waals surface area (Å²) in [7, 11) is 0. The van der Waals surface area contributed by atoms with Crippen molar-refractivity contribution in [2.45, 2.75) is 20.8 Å². The van der Waals surface area contributed by atoms with E-state index in [0.717, 1.165) is 4.48 Å². The molecule has 1 aromatic rings. The molecule has 1 rings (SSSR count). The van der Waals surface area contributed by atoms with Crippen LogP contribution in [0.1, 0.15) is 25.0 Å². The minimum atomic E-state index is 1.14. The topological polar surface area (TPSA) is 0 Å². The molecule has 0 saturated heterocycles. The molecule has 0 aliphatic carbocycles. The third-order valence-electron chi connectivity index (χ3n) is 2.07. The van der Waals surface area contributed by atoms with Crippen LogP contribution in [0.5, 0.6) is 0 Å². The first-order valence-electron chi connectivity index (χ1n) is 4.67. The fourth-order valence-corrected chi connectivity index (χ4v) is 1.28. The van der Waals surface area contributed by atoms with E-state index >= 15 is 0 Å². The largest absolute Gasteiger partial charge is 0.0587 e. The van der Waals surface area contributed by atoms with Crippen molar-refractivity contribution >= 4 is 21.5 Å². The van der Waals surface area contributed by atoms with E-state index < -0.39 is 0 Å². The van der Waals surface area contributed by atoms with Gasteiger partial charge >= 0.3 is 0 Å². The Morgan fingerprint density at radius 3 is 2.14 bits per heavy atom. The van der Waals surface area contributed by atoms with Crippen LogP contribution in [0.4, 0.5) is 0 Å². The summed E-state index contributed by atoms with van der Waals surface area (Å²) < 4.78 is 1.14. The van der Waals surface area contributed by atoms with Crippen LogP contribution in [0, 0.1) is 6.92 Å². The third-order valence-corrected chi connectivity index (χ3v) is 2.33. The third kappa shape index (κ3) is 3.51. The van der Waals surface area contributed by atoms with Gasteiger partial charge in [0.25, 0.3) is 0 Å². The monoisotopic (exact) mass is 250 g/mol. The summed E-state index contributed by atoms with van der Waals surface area (Å²) in [5, 5.41) is 0. The average Bonchev–Trinajstić information content (AvgIpc) is 2.15. The number of benzene rings is 1. The SMILES string of the molecule is C/C(Br)=C\C=C(/C)c1ccc(C)cc1.